The molecule has 0 saturated heterocycles. The fourth-order valence-electron chi connectivity index (χ4n) is 1.62. The molecule has 88 valence electrons. The third kappa shape index (κ3) is 2.36. The van der Waals surface area contributed by atoms with Crippen LogP contribution in [0.4, 0.5) is 0 Å². The van der Waals surface area contributed by atoms with E-state index in [1.807, 2.05) is 24.3 Å². The molecule has 0 aliphatic carbocycles. The zero-order valence-corrected chi connectivity index (χ0v) is 9.77. The summed E-state index contributed by atoms with van der Waals surface area (Å²) in [4.78, 5) is 17.3. The number of rotatable bonds is 3. The van der Waals surface area contributed by atoms with E-state index < -0.39 is 5.97 Å². The second kappa shape index (κ2) is 4.41. The predicted molar refractivity (Wildman–Crippen MR) is 65.1 cm³/mol. The second-order valence-electron chi connectivity index (χ2n) is 4.23. The topological polar surface area (TPSA) is 66.0 Å². The first-order chi connectivity index (χ1) is 8.08. The third-order valence-corrected chi connectivity index (χ3v) is 2.67. The Labute approximate surface area is 99.3 Å². The highest BCUT2D eigenvalue weighted by Gasteiger charge is 2.09. The number of aromatic amines is 1. The molecule has 0 saturated carbocycles. The number of carboxylic acid groups (broad SMARTS) is 1. The summed E-state index contributed by atoms with van der Waals surface area (Å²) in [6.07, 6.45) is 1.54. The highest BCUT2D eigenvalue weighted by molar-refractivity contribution is 5.84. The summed E-state index contributed by atoms with van der Waals surface area (Å²) < 4.78 is 0. The smallest absolute Gasteiger partial charge is 0.371 e. The molecule has 0 unspecified atom stereocenters. The van der Waals surface area contributed by atoms with Gasteiger partial charge in [-0.1, -0.05) is 38.1 Å². The van der Waals surface area contributed by atoms with Crippen molar-refractivity contribution >= 4 is 5.97 Å². The average molecular weight is 230 g/mol. The average Bonchev–Trinajstić information content (AvgIpc) is 2.78. The third-order valence-electron chi connectivity index (χ3n) is 2.67. The van der Waals surface area contributed by atoms with Crippen LogP contribution in [0, 0.1) is 0 Å². The van der Waals surface area contributed by atoms with Crippen molar-refractivity contribution in [2.24, 2.45) is 0 Å². The van der Waals surface area contributed by atoms with Crippen LogP contribution >= 0.6 is 0 Å². The number of imidazole rings is 1. The molecule has 0 radical (unpaired) electrons. The Balaban J connectivity index is 2.30. The monoisotopic (exact) mass is 230 g/mol. The van der Waals surface area contributed by atoms with Crippen molar-refractivity contribution in [1.29, 1.82) is 0 Å². The van der Waals surface area contributed by atoms with E-state index in [4.69, 9.17) is 5.11 Å². The number of hydrogen-bond acceptors (Lipinski definition) is 2. The summed E-state index contributed by atoms with van der Waals surface area (Å²) >= 11 is 0. The zero-order valence-electron chi connectivity index (χ0n) is 9.77. The SMILES string of the molecule is CC(C)c1ccc(-c2cnc(C(=O)O)[nH]2)cc1. The van der Waals surface area contributed by atoms with Crippen molar-refractivity contribution in [3.63, 3.8) is 0 Å². The van der Waals surface area contributed by atoms with Crippen LogP contribution < -0.4 is 0 Å². The Kier molecular flexibility index (Phi) is 2.95. The molecule has 1 aromatic carbocycles. The zero-order chi connectivity index (χ0) is 12.4. The maximum atomic E-state index is 10.7. The molecule has 2 aromatic rings. The highest BCUT2D eigenvalue weighted by Crippen LogP contribution is 2.21. The summed E-state index contributed by atoms with van der Waals surface area (Å²) in [6, 6.07) is 8.02. The van der Waals surface area contributed by atoms with Crippen molar-refractivity contribution in [3.8, 4) is 11.3 Å². The van der Waals surface area contributed by atoms with Gasteiger partial charge in [0.05, 0.1) is 11.9 Å². The van der Waals surface area contributed by atoms with E-state index >= 15 is 0 Å². The Morgan fingerprint density at radius 1 is 1.29 bits per heavy atom. The van der Waals surface area contributed by atoms with Gasteiger partial charge in [0.15, 0.2) is 0 Å². The summed E-state index contributed by atoms with van der Waals surface area (Å²) in [5, 5.41) is 8.77. The van der Waals surface area contributed by atoms with Crippen LogP contribution in [0.5, 0.6) is 0 Å². The molecule has 0 aliphatic heterocycles. The first kappa shape index (κ1) is 11.4. The summed E-state index contributed by atoms with van der Waals surface area (Å²) in [5.74, 6) is -0.594. The van der Waals surface area contributed by atoms with E-state index in [-0.39, 0.29) is 5.82 Å². The van der Waals surface area contributed by atoms with E-state index in [9.17, 15) is 4.79 Å². The highest BCUT2D eigenvalue weighted by atomic mass is 16.4. The maximum Gasteiger partial charge on any atom is 0.371 e. The molecule has 1 aromatic heterocycles. The van der Waals surface area contributed by atoms with E-state index in [1.54, 1.807) is 0 Å². The van der Waals surface area contributed by atoms with Gasteiger partial charge in [0.25, 0.3) is 0 Å². The number of nitrogens with zero attached hydrogens (tertiary/aromatic N) is 1. The van der Waals surface area contributed by atoms with Gasteiger partial charge in [-0.25, -0.2) is 9.78 Å². The van der Waals surface area contributed by atoms with E-state index in [2.05, 4.69) is 23.8 Å². The fraction of sp³-hybridized carbons (Fsp3) is 0.231. The lowest BCUT2D eigenvalue weighted by Gasteiger charge is -2.05. The van der Waals surface area contributed by atoms with Crippen LogP contribution in [0.1, 0.15) is 35.9 Å². The molecule has 4 heteroatoms. The van der Waals surface area contributed by atoms with E-state index in [0.717, 1.165) is 11.3 Å². The minimum Gasteiger partial charge on any atom is -0.475 e. The van der Waals surface area contributed by atoms with Crippen LogP contribution in [0.3, 0.4) is 0 Å². The fourth-order valence-corrected chi connectivity index (χ4v) is 1.62. The predicted octanol–water partition coefficient (Wildman–Crippen LogP) is 2.90. The van der Waals surface area contributed by atoms with Crippen LogP contribution in [0.2, 0.25) is 0 Å². The van der Waals surface area contributed by atoms with Crippen LogP contribution in [-0.2, 0) is 0 Å². The molecule has 2 rings (SSSR count). The molecular weight excluding hydrogens is 216 g/mol. The van der Waals surface area contributed by atoms with Crippen molar-refractivity contribution in [2.75, 3.05) is 0 Å². The maximum absolute atomic E-state index is 10.7. The standard InChI is InChI=1S/C13H14N2O2/c1-8(2)9-3-5-10(6-4-9)11-7-14-12(15-11)13(16)17/h3-8H,1-2H3,(H,14,15)(H,16,17). The Bertz CT molecular complexity index is 527. The van der Waals surface area contributed by atoms with Crippen molar-refractivity contribution in [2.45, 2.75) is 19.8 Å². The first-order valence-electron chi connectivity index (χ1n) is 5.46. The van der Waals surface area contributed by atoms with Crippen LogP contribution in [0.15, 0.2) is 30.5 Å². The van der Waals surface area contributed by atoms with Gasteiger partial charge in [-0.05, 0) is 17.0 Å². The molecule has 0 aliphatic rings. The largest absolute Gasteiger partial charge is 0.475 e. The van der Waals surface area contributed by atoms with Gasteiger partial charge in [0, 0.05) is 0 Å². The van der Waals surface area contributed by atoms with Crippen LogP contribution in [-0.4, -0.2) is 21.0 Å². The number of hydrogen-bond donors (Lipinski definition) is 2. The molecule has 1 heterocycles. The number of aromatic nitrogens is 2. The molecule has 0 fully saturated rings. The van der Waals surface area contributed by atoms with Gasteiger partial charge in [0.2, 0.25) is 5.82 Å². The van der Waals surface area contributed by atoms with Gasteiger partial charge < -0.3 is 10.1 Å². The minimum atomic E-state index is -1.05. The quantitative estimate of drug-likeness (QED) is 0.852. The van der Waals surface area contributed by atoms with Crippen molar-refractivity contribution in [1.82, 2.24) is 9.97 Å². The van der Waals surface area contributed by atoms with Gasteiger partial charge in [0.1, 0.15) is 0 Å². The molecule has 0 bridgehead atoms. The number of aromatic carboxylic acids is 1. The minimum absolute atomic E-state index is 0.0343. The number of benzene rings is 1. The van der Waals surface area contributed by atoms with Gasteiger partial charge in [-0.15, -0.1) is 0 Å². The summed E-state index contributed by atoms with van der Waals surface area (Å²) in [6.45, 7) is 4.27. The second-order valence-corrected chi connectivity index (χ2v) is 4.23. The van der Waals surface area contributed by atoms with Gasteiger partial charge >= 0.3 is 5.97 Å². The first-order valence-corrected chi connectivity index (χ1v) is 5.46. The van der Waals surface area contributed by atoms with Crippen molar-refractivity contribution < 1.29 is 9.90 Å². The number of H-pyrrole nitrogens is 1. The lowest BCUT2D eigenvalue weighted by atomic mass is 10.0. The van der Waals surface area contributed by atoms with Crippen LogP contribution in [0.25, 0.3) is 11.3 Å². The molecule has 17 heavy (non-hydrogen) atoms. The lowest BCUT2D eigenvalue weighted by Crippen LogP contribution is -1.98. The molecule has 2 N–H and O–H groups in total. The van der Waals surface area contributed by atoms with Crippen molar-refractivity contribution in [3.05, 3.63) is 41.9 Å². The van der Waals surface area contributed by atoms with E-state index in [0.29, 0.717) is 5.92 Å². The van der Waals surface area contributed by atoms with Gasteiger partial charge in [-0.3, -0.25) is 0 Å². The molecule has 0 amide bonds. The summed E-state index contributed by atoms with van der Waals surface area (Å²) in [5.41, 5.74) is 2.92. The normalized spacial score (nSPS) is 10.8. The molecule has 0 spiro atoms. The summed E-state index contributed by atoms with van der Waals surface area (Å²) in [7, 11) is 0. The van der Waals surface area contributed by atoms with Gasteiger partial charge in [-0.2, -0.15) is 0 Å². The lowest BCUT2D eigenvalue weighted by molar-refractivity contribution is 0.0685. The molecule has 0 atom stereocenters. The number of carboxylic acids is 1. The Hall–Kier alpha value is -2.10. The Morgan fingerprint density at radius 3 is 2.41 bits per heavy atom. The Morgan fingerprint density at radius 2 is 1.94 bits per heavy atom. The molecule has 4 nitrogen and oxygen atoms in total. The molecular formula is C13H14N2O2. The van der Waals surface area contributed by atoms with E-state index in [1.165, 1.54) is 11.8 Å². The number of nitrogens with one attached hydrogen (secondary N) is 1. The number of carbonyl (C=O) groups is 1.